The van der Waals surface area contributed by atoms with Gasteiger partial charge in [-0.25, -0.2) is 17.6 Å². The van der Waals surface area contributed by atoms with E-state index < -0.39 is 35.7 Å². The summed E-state index contributed by atoms with van der Waals surface area (Å²) in [6, 6.07) is 1.36. The average Bonchev–Trinajstić information content (AvgIpc) is 3.22. The van der Waals surface area contributed by atoms with E-state index in [1.54, 1.807) is 0 Å². The monoisotopic (exact) mass is 444 g/mol. The molecule has 3 saturated carbocycles. The molecule has 3 atom stereocenters. The molecule has 1 saturated heterocycles. The fraction of sp³-hybridized carbons (Fsp3) is 0.600. The van der Waals surface area contributed by atoms with Crippen LogP contribution >= 0.6 is 0 Å². The molecule has 0 aromatic heterocycles. The van der Waals surface area contributed by atoms with Crippen LogP contribution in [0.15, 0.2) is 18.2 Å². The number of benzene rings is 1. The van der Waals surface area contributed by atoms with E-state index in [0.29, 0.717) is 6.42 Å². The lowest BCUT2D eigenvalue weighted by Crippen LogP contribution is -2.64. The minimum atomic E-state index is -2.49. The standard InChI is InChI=1S/C20H24F4N4O3/c21-12-2-1-11(3-13(12)22)31-9-17(29)27-14-6-20(4-10(14)5-20)28-19(30)16-8-25-15(7-26-16)18(23)24/h1-3,10,14-16,18,25-26H,4-9H2,(H,27,29)(H,28,30)/t10?,14-,15?,16?,20?/m0/s1. The highest BCUT2D eigenvalue weighted by Crippen LogP contribution is 2.52. The predicted molar refractivity (Wildman–Crippen MR) is 102 cm³/mol. The second-order valence-electron chi connectivity index (χ2n) is 8.49. The van der Waals surface area contributed by atoms with Crippen molar-refractivity contribution in [3.63, 3.8) is 0 Å². The molecule has 2 unspecified atom stereocenters. The molecule has 0 radical (unpaired) electrons. The third kappa shape index (κ3) is 4.77. The Morgan fingerprint density at radius 1 is 1.13 bits per heavy atom. The third-order valence-corrected chi connectivity index (χ3v) is 6.27. The van der Waals surface area contributed by atoms with Crippen LogP contribution in [0.3, 0.4) is 0 Å². The summed E-state index contributed by atoms with van der Waals surface area (Å²) in [7, 11) is 0. The Balaban J connectivity index is 1.21. The fourth-order valence-electron chi connectivity index (χ4n) is 4.66. The summed E-state index contributed by atoms with van der Waals surface area (Å²) in [5.74, 6) is -2.40. The van der Waals surface area contributed by atoms with Crippen molar-refractivity contribution in [1.82, 2.24) is 21.3 Å². The Kier molecular flexibility index (Phi) is 6.07. The maximum absolute atomic E-state index is 13.2. The number of ether oxygens (including phenoxy) is 1. The Morgan fingerprint density at radius 2 is 1.90 bits per heavy atom. The SMILES string of the molecule is O=C(COc1ccc(F)c(F)c1)N[C@H]1CC2(NC(=O)C3CNC(C(F)F)CN3)CC1C2. The molecule has 3 aliphatic carbocycles. The van der Waals surface area contributed by atoms with Crippen molar-refractivity contribution in [2.45, 2.75) is 49.4 Å². The van der Waals surface area contributed by atoms with Crippen molar-refractivity contribution in [3.8, 4) is 5.75 Å². The number of hydrogen-bond acceptors (Lipinski definition) is 5. The van der Waals surface area contributed by atoms with Gasteiger partial charge in [0.25, 0.3) is 12.3 Å². The van der Waals surface area contributed by atoms with E-state index >= 15 is 0 Å². The van der Waals surface area contributed by atoms with Gasteiger partial charge >= 0.3 is 0 Å². The quantitative estimate of drug-likeness (QED) is 0.465. The van der Waals surface area contributed by atoms with Gasteiger partial charge in [0.1, 0.15) is 5.75 Å². The van der Waals surface area contributed by atoms with Crippen LogP contribution in [0.1, 0.15) is 19.3 Å². The molecular weight excluding hydrogens is 420 g/mol. The van der Waals surface area contributed by atoms with E-state index in [4.69, 9.17) is 4.74 Å². The molecule has 2 bridgehead atoms. The summed E-state index contributed by atoms with van der Waals surface area (Å²) >= 11 is 0. The molecule has 7 nitrogen and oxygen atoms in total. The predicted octanol–water partition coefficient (Wildman–Crippen LogP) is 0.692. The Morgan fingerprint density at radius 3 is 2.55 bits per heavy atom. The highest BCUT2D eigenvalue weighted by atomic mass is 19.3. The normalized spacial score (nSPS) is 31.8. The van der Waals surface area contributed by atoms with E-state index in [2.05, 4.69) is 21.3 Å². The van der Waals surface area contributed by atoms with Gasteiger partial charge in [0.2, 0.25) is 5.91 Å². The minimum Gasteiger partial charge on any atom is -0.484 e. The molecule has 0 spiro atoms. The van der Waals surface area contributed by atoms with Crippen molar-refractivity contribution in [3.05, 3.63) is 29.8 Å². The van der Waals surface area contributed by atoms with E-state index in [1.807, 2.05) is 0 Å². The van der Waals surface area contributed by atoms with Gasteiger partial charge in [-0.05, 0) is 37.3 Å². The van der Waals surface area contributed by atoms with Crippen molar-refractivity contribution in [1.29, 1.82) is 0 Å². The van der Waals surface area contributed by atoms with Crippen molar-refractivity contribution in [2.24, 2.45) is 5.92 Å². The zero-order chi connectivity index (χ0) is 22.2. The van der Waals surface area contributed by atoms with E-state index in [0.717, 1.165) is 25.0 Å². The van der Waals surface area contributed by atoms with Crippen molar-refractivity contribution in [2.75, 3.05) is 19.7 Å². The van der Waals surface area contributed by atoms with Gasteiger partial charge in [-0.1, -0.05) is 0 Å². The number of carbonyl (C=O) groups is 2. The first kappa shape index (κ1) is 21.8. The molecule has 1 aliphatic heterocycles. The summed E-state index contributed by atoms with van der Waals surface area (Å²) in [4.78, 5) is 24.7. The second kappa shape index (κ2) is 8.62. The first-order valence-corrected chi connectivity index (χ1v) is 10.2. The number of carbonyl (C=O) groups excluding carboxylic acids is 2. The molecule has 5 rings (SSSR count). The topological polar surface area (TPSA) is 91.5 Å². The molecule has 4 N–H and O–H groups in total. The minimum absolute atomic E-state index is 0.0159. The second-order valence-corrected chi connectivity index (χ2v) is 8.49. The number of hydrogen-bond donors (Lipinski definition) is 4. The van der Waals surface area contributed by atoms with Gasteiger partial charge in [-0.15, -0.1) is 0 Å². The van der Waals surface area contributed by atoms with Crippen molar-refractivity contribution >= 4 is 11.8 Å². The van der Waals surface area contributed by atoms with Gasteiger partial charge in [0.15, 0.2) is 18.2 Å². The lowest BCUT2D eigenvalue weighted by Gasteiger charge is -2.41. The van der Waals surface area contributed by atoms with Crippen LogP contribution in [0.2, 0.25) is 0 Å². The lowest BCUT2D eigenvalue weighted by molar-refractivity contribution is -0.126. The summed E-state index contributed by atoms with van der Waals surface area (Å²) in [6.45, 7) is -0.194. The van der Waals surface area contributed by atoms with Crippen molar-refractivity contribution < 1.29 is 31.9 Å². The van der Waals surface area contributed by atoms with Gasteiger partial charge in [-0.2, -0.15) is 0 Å². The van der Waals surface area contributed by atoms with Gasteiger partial charge in [0, 0.05) is 30.7 Å². The fourth-order valence-corrected chi connectivity index (χ4v) is 4.66. The molecule has 31 heavy (non-hydrogen) atoms. The van der Waals surface area contributed by atoms with Crippen LogP contribution in [0.5, 0.6) is 5.75 Å². The highest BCUT2D eigenvalue weighted by Gasteiger charge is 2.57. The molecule has 2 amide bonds. The summed E-state index contributed by atoms with van der Waals surface area (Å²) < 4.78 is 56.7. The Bertz CT molecular complexity index is 842. The first-order valence-electron chi connectivity index (χ1n) is 10.2. The lowest BCUT2D eigenvalue weighted by atomic mass is 9.76. The maximum Gasteiger partial charge on any atom is 0.258 e. The first-order chi connectivity index (χ1) is 14.7. The van der Waals surface area contributed by atoms with Gasteiger partial charge in [0.05, 0.1) is 12.1 Å². The van der Waals surface area contributed by atoms with Crippen LogP contribution in [0, 0.1) is 17.6 Å². The van der Waals surface area contributed by atoms with Crippen LogP contribution in [0.4, 0.5) is 17.6 Å². The molecule has 11 heteroatoms. The zero-order valence-corrected chi connectivity index (χ0v) is 16.6. The number of nitrogens with one attached hydrogen (secondary N) is 4. The number of amides is 2. The Labute approximate surface area is 176 Å². The zero-order valence-electron chi connectivity index (χ0n) is 16.6. The molecule has 170 valence electrons. The van der Waals surface area contributed by atoms with Crippen LogP contribution in [-0.2, 0) is 9.59 Å². The maximum atomic E-state index is 13.2. The number of halogens is 4. The molecule has 4 fully saturated rings. The number of piperazine rings is 1. The molecule has 1 heterocycles. The largest absolute Gasteiger partial charge is 0.484 e. The molecule has 4 aliphatic rings. The van der Waals surface area contributed by atoms with Gasteiger partial charge < -0.3 is 26.0 Å². The number of alkyl halides is 2. The van der Waals surface area contributed by atoms with E-state index in [9.17, 15) is 27.2 Å². The summed E-state index contributed by atoms with van der Waals surface area (Å²) in [5, 5.41) is 11.4. The smallest absolute Gasteiger partial charge is 0.258 e. The third-order valence-electron chi connectivity index (χ3n) is 6.27. The number of rotatable bonds is 7. The highest BCUT2D eigenvalue weighted by molar-refractivity contribution is 5.83. The Hall–Kier alpha value is -2.40. The number of fused-ring (bicyclic) bond motifs is 1. The van der Waals surface area contributed by atoms with E-state index in [1.165, 1.54) is 6.07 Å². The summed E-state index contributed by atoms with van der Waals surface area (Å²) in [6.07, 6.45) is -0.464. The summed E-state index contributed by atoms with van der Waals surface area (Å²) in [5.41, 5.74) is -0.401. The molecule has 1 aromatic rings. The molecule has 1 aromatic carbocycles. The molecular formula is C20H24F4N4O3. The van der Waals surface area contributed by atoms with E-state index in [-0.39, 0.29) is 49.2 Å². The average molecular weight is 444 g/mol. The van der Waals surface area contributed by atoms with Crippen LogP contribution in [-0.4, -0.2) is 61.6 Å². The van der Waals surface area contributed by atoms with Gasteiger partial charge in [-0.3, -0.25) is 9.59 Å². The van der Waals surface area contributed by atoms with Crippen LogP contribution in [0.25, 0.3) is 0 Å². The van der Waals surface area contributed by atoms with Crippen LogP contribution < -0.4 is 26.0 Å².